The number of pyridine rings is 1. The molecule has 7 heteroatoms. The average Bonchev–Trinajstić information content (AvgIpc) is 3.24. The third-order valence-corrected chi connectivity index (χ3v) is 6.80. The molecule has 4 aromatic rings. The molecule has 1 N–H and O–H groups in total. The maximum absolute atomic E-state index is 10.4. The van der Waals surface area contributed by atoms with Crippen LogP contribution in [-0.2, 0) is 4.84 Å². The van der Waals surface area contributed by atoms with Crippen molar-refractivity contribution in [2.24, 2.45) is 5.16 Å². The Hall–Kier alpha value is -3.94. The Kier molecular flexibility index (Phi) is 8.10. The Balaban J connectivity index is 1.56. The summed E-state index contributed by atoms with van der Waals surface area (Å²) in [4.78, 5) is 15.2. The summed E-state index contributed by atoms with van der Waals surface area (Å²) in [5.41, 5.74) is 7.27. The number of para-hydroxylation sites is 1. The fourth-order valence-corrected chi connectivity index (χ4v) is 4.94. The monoisotopic (exact) mass is 524 g/mol. The lowest BCUT2D eigenvalue weighted by atomic mass is 9.96. The molecule has 1 heterocycles. The van der Waals surface area contributed by atoms with Gasteiger partial charge in [0.25, 0.3) is 0 Å². The molecule has 0 bridgehead atoms. The topological polar surface area (TPSA) is 70.4 Å². The third kappa shape index (κ3) is 5.90. The van der Waals surface area contributed by atoms with E-state index in [1.54, 1.807) is 12.1 Å². The van der Waals surface area contributed by atoms with Crippen LogP contribution in [0.5, 0.6) is 11.5 Å². The first-order chi connectivity index (χ1) is 18.9. The van der Waals surface area contributed by atoms with Gasteiger partial charge >= 0.3 is 0 Å². The molecule has 202 valence electrons. The third-order valence-electron chi connectivity index (χ3n) is 6.80. The summed E-state index contributed by atoms with van der Waals surface area (Å²) in [6.07, 6.45) is 1.84. The van der Waals surface area contributed by atoms with Crippen molar-refractivity contribution in [1.82, 2.24) is 14.8 Å². The van der Waals surface area contributed by atoms with Gasteiger partial charge in [0, 0.05) is 40.7 Å². The largest absolute Gasteiger partial charge is 0.508 e. The first-order valence-corrected chi connectivity index (χ1v) is 13.4. The van der Waals surface area contributed by atoms with Crippen LogP contribution in [0.25, 0.3) is 33.3 Å². The Bertz CT molecular complexity index is 1480. The van der Waals surface area contributed by atoms with Gasteiger partial charge in [-0.1, -0.05) is 23.4 Å². The average molecular weight is 525 g/mol. The van der Waals surface area contributed by atoms with Crippen LogP contribution in [0.1, 0.15) is 24.0 Å². The maximum Gasteiger partial charge on any atom is 0.119 e. The van der Waals surface area contributed by atoms with Crippen molar-refractivity contribution in [3.8, 4) is 33.9 Å². The molecule has 0 aliphatic heterocycles. The normalized spacial score (nSPS) is 13.3. The van der Waals surface area contributed by atoms with Gasteiger partial charge in [-0.3, -0.25) is 0 Å². The number of fused-ring (bicyclic) bond motifs is 5. The van der Waals surface area contributed by atoms with Crippen LogP contribution >= 0.6 is 0 Å². The molecule has 39 heavy (non-hydrogen) atoms. The van der Waals surface area contributed by atoms with E-state index in [1.807, 2.05) is 50.5 Å². The highest BCUT2D eigenvalue weighted by Crippen LogP contribution is 2.46. The SMILES string of the molecule is CN(C)CCCO/N=C1\c2cc(O)ccc2-c2c(-c3ccc(OCCCN(C)C)cc3)nc3ccccc3c21. The maximum atomic E-state index is 10.4. The molecule has 0 unspecified atom stereocenters. The van der Waals surface area contributed by atoms with Gasteiger partial charge in [-0.15, -0.1) is 0 Å². The lowest BCUT2D eigenvalue weighted by molar-refractivity contribution is 0.135. The van der Waals surface area contributed by atoms with Gasteiger partial charge in [-0.2, -0.15) is 0 Å². The quantitative estimate of drug-likeness (QED) is 0.178. The van der Waals surface area contributed by atoms with E-state index in [4.69, 9.17) is 14.6 Å². The standard InChI is InChI=1S/C32H36N4O3/c1-35(2)17-7-19-38-24-14-11-22(12-15-24)31-29-25-16-13-23(37)21-27(25)32(34-39-20-8-18-36(3)4)30(29)26-9-5-6-10-28(26)33-31/h5-6,9-16,21,37H,7-8,17-20H2,1-4H3/b34-32+. The number of oxime groups is 1. The van der Waals surface area contributed by atoms with Crippen LogP contribution < -0.4 is 4.74 Å². The van der Waals surface area contributed by atoms with Crippen molar-refractivity contribution in [2.75, 3.05) is 54.5 Å². The van der Waals surface area contributed by atoms with E-state index in [0.717, 1.165) is 81.8 Å². The summed E-state index contributed by atoms with van der Waals surface area (Å²) in [6.45, 7) is 3.10. The Morgan fingerprint density at radius 2 is 1.51 bits per heavy atom. The van der Waals surface area contributed by atoms with Crippen LogP contribution in [0.3, 0.4) is 0 Å². The number of hydrogen-bond acceptors (Lipinski definition) is 7. The molecular formula is C32H36N4O3. The van der Waals surface area contributed by atoms with Crippen LogP contribution in [0.15, 0.2) is 71.9 Å². The van der Waals surface area contributed by atoms with Gasteiger partial charge in [0.1, 0.15) is 23.8 Å². The molecule has 0 saturated carbocycles. The lowest BCUT2D eigenvalue weighted by Crippen LogP contribution is -2.15. The smallest absolute Gasteiger partial charge is 0.119 e. The first-order valence-electron chi connectivity index (χ1n) is 13.4. The van der Waals surface area contributed by atoms with Crippen LogP contribution in [0, 0.1) is 0 Å². The van der Waals surface area contributed by atoms with Crippen molar-refractivity contribution in [1.29, 1.82) is 0 Å². The molecule has 1 aliphatic carbocycles. The first kappa shape index (κ1) is 26.7. The molecule has 0 spiro atoms. The van der Waals surface area contributed by atoms with Gasteiger partial charge < -0.3 is 24.5 Å². The van der Waals surface area contributed by atoms with E-state index >= 15 is 0 Å². The fraction of sp³-hybridized carbons (Fsp3) is 0.312. The number of benzene rings is 3. The second-order valence-electron chi connectivity index (χ2n) is 10.4. The number of aromatic hydroxyl groups is 1. The van der Waals surface area contributed by atoms with Gasteiger partial charge in [0.15, 0.2) is 0 Å². The molecular weight excluding hydrogens is 488 g/mol. The number of aromatic nitrogens is 1. The van der Waals surface area contributed by atoms with Crippen molar-refractivity contribution < 1.29 is 14.7 Å². The molecule has 0 amide bonds. The second kappa shape index (κ2) is 11.8. The number of phenols is 1. The number of rotatable bonds is 11. The molecule has 3 aromatic carbocycles. The van der Waals surface area contributed by atoms with Crippen molar-refractivity contribution in [3.05, 3.63) is 77.9 Å². The summed E-state index contributed by atoms with van der Waals surface area (Å²) < 4.78 is 5.96. The van der Waals surface area contributed by atoms with Crippen molar-refractivity contribution in [3.63, 3.8) is 0 Å². The fourth-order valence-electron chi connectivity index (χ4n) is 4.94. The van der Waals surface area contributed by atoms with E-state index < -0.39 is 0 Å². The predicted octanol–water partition coefficient (Wildman–Crippen LogP) is 5.64. The Labute approximate surface area is 230 Å². The predicted molar refractivity (Wildman–Crippen MR) is 158 cm³/mol. The summed E-state index contributed by atoms with van der Waals surface area (Å²) in [6, 6.07) is 21.7. The summed E-state index contributed by atoms with van der Waals surface area (Å²) in [7, 11) is 8.22. The van der Waals surface area contributed by atoms with E-state index in [1.165, 1.54) is 0 Å². The summed E-state index contributed by atoms with van der Waals surface area (Å²) in [5, 5.41) is 16.0. The van der Waals surface area contributed by atoms with Crippen LogP contribution in [-0.4, -0.2) is 80.1 Å². The minimum atomic E-state index is 0.191. The van der Waals surface area contributed by atoms with E-state index in [9.17, 15) is 5.11 Å². The van der Waals surface area contributed by atoms with Gasteiger partial charge in [0.2, 0.25) is 0 Å². The summed E-state index contributed by atoms with van der Waals surface area (Å²) >= 11 is 0. The van der Waals surface area contributed by atoms with Crippen molar-refractivity contribution >= 4 is 16.6 Å². The summed E-state index contributed by atoms with van der Waals surface area (Å²) in [5.74, 6) is 1.03. The van der Waals surface area contributed by atoms with Crippen LogP contribution in [0.2, 0.25) is 0 Å². The molecule has 0 saturated heterocycles. The zero-order valence-electron chi connectivity index (χ0n) is 23.1. The molecule has 1 aliphatic rings. The highest BCUT2D eigenvalue weighted by molar-refractivity contribution is 6.31. The highest BCUT2D eigenvalue weighted by atomic mass is 16.6. The Morgan fingerprint density at radius 1 is 0.795 bits per heavy atom. The number of ether oxygens (including phenoxy) is 1. The molecule has 7 nitrogen and oxygen atoms in total. The Morgan fingerprint density at radius 3 is 2.26 bits per heavy atom. The molecule has 1 aromatic heterocycles. The lowest BCUT2D eigenvalue weighted by Gasteiger charge is -2.14. The van der Waals surface area contributed by atoms with Crippen molar-refractivity contribution in [2.45, 2.75) is 12.8 Å². The number of nitrogens with zero attached hydrogens (tertiary/aromatic N) is 4. The van der Waals surface area contributed by atoms with E-state index in [0.29, 0.717) is 13.2 Å². The molecule has 5 rings (SSSR count). The molecule has 0 fully saturated rings. The van der Waals surface area contributed by atoms with E-state index in [-0.39, 0.29) is 5.75 Å². The zero-order valence-corrected chi connectivity index (χ0v) is 23.1. The minimum absolute atomic E-state index is 0.191. The van der Waals surface area contributed by atoms with E-state index in [2.05, 4.69) is 47.2 Å². The second-order valence-corrected chi connectivity index (χ2v) is 10.4. The number of hydrogen-bond donors (Lipinski definition) is 1. The molecule has 0 atom stereocenters. The van der Waals surface area contributed by atoms with Gasteiger partial charge in [-0.05, 0) is 95.1 Å². The van der Waals surface area contributed by atoms with Gasteiger partial charge in [-0.25, -0.2) is 4.98 Å². The van der Waals surface area contributed by atoms with Gasteiger partial charge in [0.05, 0.1) is 17.8 Å². The highest BCUT2D eigenvalue weighted by Gasteiger charge is 2.32. The number of phenolic OH excluding ortho intramolecular Hbond substituents is 1. The zero-order chi connectivity index (χ0) is 27.4. The minimum Gasteiger partial charge on any atom is -0.508 e. The van der Waals surface area contributed by atoms with Crippen LogP contribution in [0.4, 0.5) is 0 Å². The molecule has 0 radical (unpaired) electrons.